The van der Waals surface area contributed by atoms with Crippen molar-refractivity contribution in [2.75, 3.05) is 6.61 Å². The third-order valence-corrected chi connectivity index (χ3v) is 6.16. The molecule has 172 valence electrons. The Morgan fingerprint density at radius 1 is 1.28 bits per heavy atom. The van der Waals surface area contributed by atoms with Crippen LogP contribution in [0.5, 0.6) is 5.75 Å². The summed E-state index contributed by atoms with van der Waals surface area (Å²) in [7, 11) is 0. The number of aliphatic carboxylic acids is 1. The van der Waals surface area contributed by atoms with Crippen molar-refractivity contribution in [3.05, 3.63) is 76.6 Å². The first-order valence-corrected chi connectivity index (χ1v) is 11.2. The maximum absolute atomic E-state index is 14.3. The Morgan fingerprint density at radius 2 is 1.97 bits per heavy atom. The number of carboxylic acid groups (broad SMARTS) is 1. The van der Waals surface area contributed by atoms with E-state index in [1.165, 1.54) is 18.2 Å². The first kappa shape index (κ1) is 24.3. The van der Waals surface area contributed by atoms with Gasteiger partial charge in [0.25, 0.3) is 0 Å². The number of hydrogen-bond acceptors (Lipinski definition) is 3. The summed E-state index contributed by atoms with van der Waals surface area (Å²) in [4.78, 5) is 11.0. The Bertz CT molecular complexity index is 957. The largest absolute Gasteiger partial charge is 0.482 e. The van der Waals surface area contributed by atoms with Crippen LogP contribution in [0.15, 0.2) is 54.6 Å². The number of rotatable bonds is 8. The molecule has 1 heterocycles. The molecule has 2 aromatic carbocycles. The third-order valence-electron chi connectivity index (χ3n) is 5.91. The molecule has 2 aromatic rings. The standard InChI is InChI=1S/C26H30ClFO4/c1-15(2)11-24-21(17-5-7-18(27)8-6-17)13-20(16(3)4)26(32-24)22-12-19(28)9-10-23(22)31-14-25(29)30/h5-10,12,15,20-21,24,26H,3,11,13-14H2,1-2,4H3,(H,29,30)/t20-,21-,24+,26+/m0/s1. The Balaban J connectivity index is 2.01. The molecular weight excluding hydrogens is 431 g/mol. The van der Waals surface area contributed by atoms with Crippen LogP contribution < -0.4 is 4.74 Å². The highest BCUT2D eigenvalue weighted by Gasteiger charge is 2.41. The van der Waals surface area contributed by atoms with Gasteiger partial charge in [-0.3, -0.25) is 0 Å². The van der Waals surface area contributed by atoms with Crippen LogP contribution in [0.2, 0.25) is 5.02 Å². The second-order valence-corrected chi connectivity index (χ2v) is 9.37. The molecule has 3 rings (SSSR count). The Hall–Kier alpha value is -2.37. The summed E-state index contributed by atoms with van der Waals surface area (Å²) >= 11 is 6.10. The molecule has 0 aromatic heterocycles. The summed E-state index contributed by atoms with van der Waals surface area (Å²) in [5.41, 5.74) is 2.58. The van der Waals surface area contributed by atoms with Gasteiger partial charge in [0.2, 0.25) is 0 Å². The highest BCUT2D eigenvalue weighted by molar-refractivity contribution is 6.30. The van der Waals surface area contributed by atoms with Crippen molar-refractivity contribution in [1.29, 1.82) is 0 Å². The van der Waals surface area contributed by atoms with Crippen molar-refractivity contribution in [3.8, 4) is 5.75 Å². The van der Waals surface area contributed by atoms with Gasteiger partial charge in [0, 0.05) is 22.4 Å². The lowest BCUT2D eigenvalue weighted by Gasteiger charge is -2.43. The average molecular weight is 461 g/mol. The summed E-state index contributed by atoms with van der Waals surface area (Å²) in [6, 6.07) is 11.9. The first-order chi connectivity index (χ1) is 15.2. The fraction of sp³-hybridized carbons (Fsp3) is 0.423. The molecule has 0 unspecified atom stereocenters. The number of benzene rings is 2. The van der Waals surface area contributed by atoms with Gasteiger partial charge in [0.15, 0.2) is 6.61 Å². The van der Waals surface area contributed by atoms with E-state index in [9.17, 15) is 9.18 Å². The zero-order valence-electron chi connectivity index (χ0n) is 18.7. The Morgan fingerprint density at radius 3 is 2.56 bits per heavy atom. The van der Waals surface area contributed by atoms with Crippen LogP contribution in [-0.2, 0) is 9.53 Å². The van der Waals surface area contributed by atoms with Crippen LogP contribution in [0.25, 0.3) is 0 Å². The van der Waals surface area contributed by atoms with Crippen LogP contribution in [0, 0.1) is 17.7 Å². The van der Waals surface area contributed by atoms with E-state index < -0.39 is 24.5 Å². The van der Waals surface area contributed by atoms with Gasteiger partial charge in [-0.05, 0) is 61.6 Å². The van der Waals surface area contributed by atoms with Gasteiger partial charge in [0.05, 0.1) is 12.2 Å². The van der Waals surface area contributed by atoms with Crippen molar-refractivity contribution in [1.82, 2.24) is 0 Å². The fourth-order valence-electron chi connectivity index (χ4n) is 4.43. The number of halogens is 2. The molecule has 0 saturated carbocycles. The SMILES string of the molecule is C=C(C)[C@@H]1C[C@@H](c2ccc(Cl)cc2)[C@@H](CC(C)C)O[C@H]1c1cc(F)ccc1OCC(=O)O. The van der Waals surface area contributed by atoms with Crippen LogP contribution >= 0.6 is 11.6 Å². The van der Waals surface area contributed by atoms with Gasteiger partial charge in [-0.15, -0.1) is 0 Å². The second-order valence-electron chi connectivity index (χ2n) is 8.94. The minimum Gasteiger partial charge on any atom is -0.482 e. The molecule has 0 aliphatic carbocycles. The van der Waals surface area contributed by atoms with E-state index in [1.807, 2.05) is 31.2 Å². The smallest absolute Gasteiger partial charge is 0.341 e. The predicted octanol–water partition coefficient (Wildman–Crippen LogP) is 6.79. The first-order valence-electron chi connectivity index (χ1n) is 10.9. The second kappa shape index (κ2) is 10.5. The summed E-state index contributed by atoms with van der Waals surface area (Å²) in [5, 5.41) is 9.72. The van der Waals surface area contributed by atoms with Crippen molar-refractivity contribution in [2.24, 2.45) is 11.8 Å². The van der Waals surface area contributed by atoms with Gasteiger partial charge in [0.1, 0.15) is 11.6 Å². The Kier molecular flexibility index (Phi) is 7.96. The maximum atomic E-state index is 14.3. The van der Waals surface area contributed by atoms with Gasteiger partial charge < -0.3 is 14.6 Å². The molecule has 0 radical (unpaired) electrons. The van der Waals surface area contributed by atoms with Crippen LogP contribution in [0.1, 0.15) is 56.8 Å². The highest BCUT2D eigenvalue weighted by atomic mass is 35.5. The zero-order chi connectivity index (χ0) is 23.4. The fourth-order valence-corrected chi connectivity index (χ4v) is 4.56. The van der Waals surface area contributed by atoms with Gasteiger partial charge >= 0.3 is 5.97 Å². The molecule has 0 bridgehead atoms. The lowest BCUT2D eigenvalue weighted by atomic mass is 9.74. The highest BCUT2D eigenvalue weighted by Crippen LogP contribution is 2.49. The van der Waals surface area contributed by atoms with E-state index in [0.717, 1.165) is 24.0 Å². The summed E-state index contributed by atoms with van der Waals surface area (Å²) in [6.45, 7) is 9.90. The lowest BCUT2D eigenvalue weighted by Crippen LogP contribution is -2.37. The molecule has 1 N–H and O–H groups in total. The minimum atomic E-state index is -1.10. The van der Waals surface area contributed by atoms with Crippen molar-refractivity contribution in [2.45, 2.75) is 51.7 Å². The number of hydrogen-bond donors (Lipinski definition) is 1. The molecule has 1 fully saturated rings. The molecular formula is C26H30ClFO4. The van der Waals surface area contributed by atoms with E-state index in [2.05, 4.69) is 20.4 Å². The monoisotopic (exact) mass is 460 g/mol. The van der Waals surface area contributed by atoms with Crippen LogP contribution in [0.4, 0.5) is 4.39 Å². The normalized spacial score (nSPS) is 23.2. The predicted molar refractivity (Wildman–Crippen MR) is 124 cm³/mol. The van der Waals surface area contributed by atoms with Gasteiger partial charge in [-0.25, -0.2) is 9.18 Å². The minimum absolute atomic E-state index is 0.0898. The van der Waals surface area contributed by atoms with Crippen molar-refractivity contribution in [3.63, 3.8) is 0 Å². The van der Waals surface area contributed by atoms with Gasteiger partial charge in [-0.1, -0.05) is 49.7 Å². The Labute approximate surface area is 194 Å². The van der Waals surface area contributed by atoms with Crippen molar-refractivity contribution < 1.29 is 23.8 Å². The summed E-state index contributed by atoms with van der Waals surface area (Å²) in [6.07, 6.45) is 1.01. The lowest BCUT2D eigenvalue weighted by molar-refractivity contribution is -0.139. The number of carbonyl (C=O) groups is 1. The van der Waals surface area contributed by atoms with E-state index in [1.54, 1.807) is 0 Å². The van der Waals surface area contributed by atoms with E-state index in [4.69, 9.17) is 26.2 Å². The molecule has 0 spiro atoms. The van der Waals surface area contributed by atoms with Crippen LogP contribution in [0.3, 0.4) is 0 Å². The van der Waals surface area contributed by atoms with Gasteiger partial charge in [-0.2, -0.15) is 0 Å². The molecule has 6 heteroatoms. The number of ether oxygens (including phenoxy) is 2. The topological polar surface area (TPSA) is 55.8 Å². The molecule has 0 amide bonds. The van der Waals surface area contributed by atoms with Crippen LogP contribution in [-0.4, -0.2) is 23.8 Å². The maximum Gasteiger partial charge on any atom is 0.341 e. The quantitative estimate of drug-likeness (QED) is 0.440. The molecule has 1 saturated heterocycles. The average Bonchev–Trinajstić information content (AvgIpc) is 2.72. The zero-order valence-corrected chi connectivity index (χ0v) is 19.4. The van der Waals surface area contributed by atoms with E-state index >= 15 is 0 Å². The molecule has 1 aliphatic heterocycles. The van der Waals surface area contributed by atoms with E-state index in [0.29, 0.717) is 22.3 Å². The molecule has 1 aliphatic rings. The summed E-state index contributed by atoms with van der Waals surface area (Å²) < 4.78 is 26.4. The molecule has 4 atom stereocenters. The molecule has 32 heavy (non-hydrogen) atoms. The third kappa shape index (κ3) is 5.90. The summed E-state index contributed by atoms with van der Waals surface area (Å²) in [5.74, 6) is -0.767. The number of carboxylic acids is 1. The van der Waals surface area contributed by atoms with Crippen molar-refractivity contribution >= 4 is 17.6 Å². The molecule has 4 nitrogen and oxygen atoms in total. The van der Waals surface area contributed by atoms with E-state index in [-0.39, 0.29) is 17.9 Å².